The molecule has 4 nitrogen and oxygen atoms in total. The Bertz CT molecular complexity index is 17.3. The summed E-state index contributed by atoms with van der Waals surface area (Å²) in [5.74, 6) is 0. The Balaban J connectivity index is -0.000000000635. The number of hydrogen-bond acceptors (Lipinski definition) is 4. The fourth-order valence-corrected chi connectivity index (χ4v) is 0. The van der Waals surface area contributed by atoms with Crippen molar-refractivity contribution >= 4 is 113 Å². The Kier molecular flexibility index (Phi) is 243. The minimum atomic E-state index is 0. The zero-order valence-corrected chi connectivity index (χ0v) is 10.5. The van der Waals surface area contributed by atoms with Gasteiger partial charge in [-0.3, -0.25) is 0 Å². The molecule has 0 aromatic carbocycles. The van der Waals surface area contributed by atoms with Crippen LogP contribution in [0.4, 0.5) is 0 Å². The first-order valence-electron chi connectivity index (χ1n) is 0.365. The van der Waals surface area contributed by atoms with E-state index >= 15 is 0 Å². The molecule has 0 amide bonds. The van der Waals surface area contributed by atoms with Gasteiger partial charge in [0.05, 0.1) is 0 Å². The van der Waals surface area contributed by atoms with E-state index < -0.39 is 0 Å². The molecule has 0 unspecified atom stereocenters. The molecule has 0 aliphatic carbocycles. The molecule has 0 aliphatic heterocycles. The van der Waals surface area contributed by atoms with Gasteiger partial charge in [-0.2, -0.15) is 0 Å². The summed E-state index contributed by atoms with van der Waals surface area (Å²) < 4.78 is 0. The van der Waals surface area contributed by atoms with Gasteiger partial charge >= 0.3 is 113 Å². The van der Waals surface area contributed by atoms with Crippen LogP contribution in [0.3, 0.4) is 0 Å². The van der Waals surface area contributed by atoms with Gasteiger partial charge in [0.25, 0.3) is 0 Å². The molecular formula is H6Ca3O4. The van der Waals surface area contributed by atoms with Crippen molar-refractivity contribution in [2.24, 2.45) is 0 Å². The maximum atomic E-state index is 7.25. The van der Waals surface area contributed by atoms with Crippen LogP contribution in [0.1, 0.15) is 5.71 Å². The quantitative estimate of drug-likeness (QED) is 0.241. The van der Waals surface area contributed by atoms with Crippen LogP contribution in [0.25, 0.3) is 0 Å². The van der Waals surface area contributed by atoms with E-state index in [-0.39, 0.29) is 119 Å². The maximum Gasteiger partial charge on any atom is 2.00 e. The standard InChI is InChI=1S/3Ca.2H2O2.4H/c;;;2*1-2;;;;/h;;;2*1-2H;;;;/q3*+2;;;4*-1/p-2. The molecule has 0 heterocycles. The largest absolute Gasteiger partial charge is 2.00 e. The summed E-state index contributed by atoms with van der Waals surface area (Å²) in [5, 5.41) is 26.0. The van der Waals surface area contributed by atoms with Crippen LogP contribution in [0.5, 0.6) is 0 Å². The first kappa shape index (κ1) is 31.1. The monoisotopic (exact) mass is 190 g/mol. The second-order valence-electron chi connectivity index (χ2n) is 0. The first-order chi connectivity index (χ1) is 2.00. The average Bonchev–Trinajstić information content (AvgIpc) is 1.50. The number of rotatable bonds is 0. The first-order valence-corrected chi connectivity index (χ1v) is 0.365. The van der Waals surface area contributed by atoms with E-state index in [0.29, 0.717) is 0 Å². The van der Waals surface area contributed by atoms with Gasteiger partial charge in [0, 0.05) is 0 Å². The SMILES string of the molecule is [Ca+2].[Ca+2].[Ca+2].[H-].[H-].[H-].[H-].[O-]O.[O-]O. The van der Waals surface area contributed by atoms with Gasteiger partial charge in [0.2, 0.25) is 0 Å². The fraction of sp³-hybridized carbons (Fsp3) is 0. The van der Waals surface area contributed by atoms with Crippen molar-refractivity contribution in [3.8, 4) is 0 Å². The Labute approximate surface area is 137 Å². The van der Waals surface area contributed by atoms with Crippen LogP contribution in [0.2, 0.25) is 0 Å². The molecular weight excluding hydrogens is 184 g/mol. The molecule has 0 aromatic rings. The van der Waals surface area contributed by atoms with Gasteiger partial charge in [0.1, 0.15) is 0 Å². The Morgan fingerprint density at radius 2 is 0.714 bits per heavy atom. The van der Waals surface area contributed by atoms with Gasteiger partial charge in [0.15, 0.2) is 0 Å². The van der Waals surface area contributed by atoms with Gasteiger partial charge < -0.3 is 26.7 Å². The summed E-state index contributed by atoms with van der Waals surface area (Å²) in [7, 11) is 0. The summed E-state index contributed by atoms with van der Waals surface area (Å²) >= 11 is 0. The molecule has 0 aliphatic rings. The van der Waals surface area contributed by atoms with Gasteiger partial charge in [-0.15, -0.1) is 0 Å². The van der Waals surface area contributed by atoms with Crippen molar-refractivity contribution in [2.45, 2.75) is 0 Å². The van der Waals surface area contributed by atoms with E-state index in [0.717, 1.165) is 0 Å². The molecule has 0 fully saturated rings. The Hall–Kier alpha value is 3.62. The normalized spacial score (nSPS) is 1.71. The molecule has 7 heteroatoms. The third-order valence-electron chi connectivity index (χ3n) is 0. The third kappa shape index (κ3) is 42.6. The molecule has 0 spiro atoms. The van der Waals surface area contributed by atoms with E-state index in [1.165, 1.54) is 0 Å². The summed E-state index contributed by atoms with van der Waals surface area (Å²) in [6, 6.07) is 0. The predicted molar refractivity (Wildman–Crippen MR) is 27.0 cm³/mol. The van der Waals surface area contributed by atoms with Gasteiger partial charge in [-0.1, -0.05) is 0 Å². The van der Waals surface area contributed by atoms with Crippen molar-refractivity contribution in [3.05, 3.63) is 0 Å². The summed E-state index contributed by atoms with van der Waals surface area (Å²) in [6.07, 6.45) is 0. The molecule has 0 atom stereocenters. The molecule has 36 valence electrons. The molecule has 2 N–H and O–H groups in total. The minimum Gasteiger partial charge on any atom is -1.00 e. The van der Waals surface area contributed by atoms with Crippen LogP contribution in [-0.2, 0) is 0 Å². The molecule has 7 heavy (non-hydrogen) atoms. The smallest absolute Gasteiger partial charge is 1.00 e. The topological polar surface area (TPSA) is 86.6 Å². The van der Waals surface area contributed by atoms with Crippen molar-refractivity contribution in [3.63, 3.8) is 0 Å². The third-order valence-corrected chi connectivity index (χ3v) is 0. The zero-order valence-electron chi connectivity index (χ0n) is 7.83. The zero-order chi connectivity index (χ0) is 4.00. The van der Waals surface area contributed by atoms with E-state index in [4.69, 9.17) is 21.0 Å². The molecule has 0 saturated carbocycles. The predicted octanol–water partition coefficient (Wildman–Crippen LogP) is -3.05. The van der Waals surface area contributed by atoms with Crippen LogP contribution < -0.4 is 10.5 Å². The van der Waals surface area contributed by atoms with Crippen molar-refractivity contribution in [2.75, 3.05) is 0 Å². The molecule has 0 aromatic heterocycles. The van der Waals surface area contributed by atoms with E-state index in [9.17, 15) is 0 Å². The molecule has 0 radical (unpaired) electrons. The fourth-order valence-electron chi connectivity index (χ4n) is 0. The molecule has 0 rings (SSSR count). The van der Waals surface area contributed by atoms with Crippen molar-refractivity contribution in [1.82, 2.24) is 0 Å². The Morgan fingerprint density at radius 1 is 0.714 bits per heavy atom. The van der Waals surface area contributed by atoms with Crippen molar-refractivity contribution in [1.29, 1.82) is 0 Å². The Morgan fingerprint density at radius 3 is 0.714 bits per heavy atom. The summed E-state index contributed by atoms with van der Waals surface area (Å²) in [5.41, 5.74) is 0. The molecule has 0 saturated heterocycles. The van der Waals surface area contributed by atoms with E-state index in [2.05, 4.69) is 0 Å². The molecule has 0 bridgehead atoms. The van der Waals surface area contributed by atoms with Crippen molar-refractivity contribution < 1.29 is 26.7 Å². The van der Waals surface area contributed by atoms with Crippen LogP contribution in [0.15, 0.2) is 0 Å². The van der Waals surface area contributed by atoms with Gasteiger partial charge in [-0.05, 0) is 0 Å². The second-order valence-corrected chi connectivity index (χ2v) is 0. The summed E-state index contributed by atoms with van der Waals surface area (Å²) in [6.45, 7) is 0. The van der Waals surface area contributed by atoms with E-state index in [1.807, 2.05) is 0 Å². The maximum absolute atomic E-state index is 7.25. The summed E-state index contributed by atoms with van der Waals surface area (Å²) in [4.78, 5) is 0. The average molecular weight is 190 g/mol. The van der Waals surface area contributed by atoms with Gasteiger partial charge in [-0.25, -0.2) is 0 Å². The minimum absolute atomic E-state index is 0. The van der Waals surface area contributed by atoms with Crippen LogP contribution >= 0.6 is 0 Å². The van der Waals surface area contributed by atoms with Crippen LogP contribution in [-0.4, -0.2) is 124 Å². The second kappa shape index (κ2) is 54.6. The van der Waals surface area contributed by atoms with Crippen LogP contribution in [0, 0.1) is 0 Å². The number of hydrogen-bond donors (Lipinski definition) is 2. The van der Waals surface area contributed by atoms with E-state index in [1.54, 1.807) is 0 Å².